The predicted octanol–water partition coefficient (Wildman–Crippen LogP) is 2.01. The van der Waals surface area contributed by atoms with E-state index in [9.17, 15) is 4.79 Å². The first-order chi connectivity index (χ1) is 12.2. The average molecular weight is 362 g/mol. The number of rotatable bonds is 5. The van der Waals surface area contributed by atoms with Crippen LogP contribution in [-0.4, -0.2) is 53.8 Å². The van der Waals surface area contributed by atoms with Crippen LogP contribution in [0.4, 0.5) is 5.95 Å². The average Bonchev–Trinajstić information content (AvgIpc) is 3.02. The zero-order chi connectivity index (χ0) is 17.2. The number of hydrogen-bond acceptors (Lipinski definition) is 6. The highest BCUT2D eigenvalue weighted by atomic mass is 32.1. The zero-order valence-corrected chi connectivity index (χ0v) is 15.7. The van der Waals surface area contributed by atoms with Gasteiger partial charge in [-0.15, -0.1) is 11.3 Å². The number of anilines is 1. The van der Waals surface area contributed by atoms with Crippen LogP contribution in [0.15, 0.2) is 4.79 Å². The van der Waals surface area contributed by atoms with Crippen molar-refractivity contribution in [2.45, 2.75) is 32.1 Å². The fourth-order valence-electron chi connectivity index (χ4n) is 3.77. The van der Waals surface area contributed by atoms with Gasteiger partial charge in [-0.3, -0.25) is 14.3 Å². The summed E-state index contributed by atoms with van der Waals surface area (Å²) in [7, 11) is 1.83. The topological polar surface area (TPSA) is 59.4 Å². The molecule has 4 rings (SSSR count). The molecule has 7 heteroatoms. The molecule has 0 aromatic carbocycles. The first-order valence-electron chi connectivity index (χ1n) is 9.29. The van der Waals surface area contributed by atoms with Crippen molar-refractivity contribution in [3.05, 3.63) is 20.8 Å². The van der Waals surface area contributed by atoms with Crippen molar-refractivity contribution in [2.24, 2.45) is 7.05 Å². The second kappa shape index (κ2) is 7.43. The Bertz CT molecular complexity index is 807. The lowest BCUT2D eigenvalue weighted by atomic mass is 9.97. The van der Waals surface area contributed by atoms with E-state index in [2.05, 4.69) is 10.2 Å². The number of nitrogens with zero attached hydrogens (tertiary/aromatic N) is 3. The fraction of sp³-hybridized carbons (Fsp3) is 0.667. The van der Waals surface area contributed by atoms with Crippen LogP contribution in [0.3, 0.4) is 0 Å². The number of aromatic nitrogens is 2. The molecule has 0 radical (unpaired) electrons. The molecule has 2 aromatic rings. The number of morpholine rings is 1. The van der Waals surface area contributed by atoms with Crippen molar-refractivity contribution in [3.8, 4) is 0 Å². The van der Waals surface area contributed by atoms with Gasteiger partial charge in [-0.25, -0.2) is 4.98 Å². The van der Waals surface area contributed by atoms with E-state index in [4.69, 9.17) is 9.72 Å². The van der Waals surface area contributed by atoms with Gasteiger partial charge in [0.1, 0.15) is 4.83 Å². The van der Waals surface area contributed by atoms with E-state index < -0.39 is 0 Å². The van der Waals surface area contributed by atoms with Gasteiger partial charge in [-0.05, 0) is 44.2 Å². The molecular formula is C18H26N4O2S. The summed E-state index contributed by atoms with van der Waals surface area (Å²) in [4.78, 5) is 22.3. The van der Waals surface area contributed by atoms with E-state index >= 15 is 0 Å². The monoisotopic (exact) mass is 362 g/mol. The lowest BCUT2D eigenvalue weighted by Crippen LogP contribution is -2.37. The van der Waals surface area contributed by atoms with Gasteiger partial charge >= 0.3 is 0 Å². The largest absolute Gasteiger partial charge is 0.379 e. The normalized spacial score (nSPS) is 18.4. The third-order valence-electron chi connectivity index (χ3n) is 5.23. The van der Waals surface area contributed by atoms with E-state index in [0.29, 0.717) is 5.95 Å². The van der Waals surface area contributed by atoms with Gasteiger partial charge in [-0.1, -0.05) is 0 Å². The summed E-state index contributed by atoms with van der Waals surface area (Å²) < 4.78 is 7.05. The standard InChI is InChI=1S/C18H26N4O2S/c1-21-17(23)15-13-5-2-3-6-14(13)25-16(15)20-18(21)19-7-4-8-22-9-11-24-12-10-22/h2-12H2,1H3,(H,19,20). The highest BCUT2D eigenvalue weighted by Crippen LogP contribution is 2.34. The lowest BCUT2D eigenvalue weighted by molar-refractivity contribution is 0.0378. The molecule has 25 heavy (non-hydrogen) atoms. The molecule has 136 valence electrons. The molecule has 0 unspecified atom stereocenters. The Morgan fingerprint density at radius 2 is 2.04 bits per heavy atom. The van der Waals surface area contributed by atoms with Crippen molar-refractivity contribution < 1.29 is 4.74 Å². The van der Waals surface area contributed by atoms with E-state index in [-0.39, 0.29) is 5.56 Å². The number of aryl methyl sites for hydroxylation is 2. The summed E-state index contributed by atoms with van der Waals surface area (Å²) in [5.74, 6) is 0.693. The van der Waals surface area contributed by atoms with Crippen LogP contribution < -0.4 is 10.9 Å². The first-order valence-corrected chi connectivity index (χ1v) is 10.1. The van der Waals surface area contributed by atoms with Crippen molar-refractivity contribution in [2.75, 3.05) is 44.7 Å². The molecule has 1 N–H and O–H groups in total. The molecule has 3 heterocycles. The second-order valence-corrected chi connectivity index (χ2v) is 8.01. The molecule has 1 saturated heterocycles. The molecule has 0 amide bonds. The minimum absolute atomic E-state index is 0.0973. The Balaban J connectivity index is 1.46. The third-order valence-corrected chi connectivity index (χ3v) is 6.42. The van der Waals surface area contributed by atoms with Gasteiger partial charge in [0.05, 0.1) is 18.6 Å². The van der Waals surface area contributed by atoms with Crippen LogP contribution in [0, 0.1) is 0 Å². The molecule has 0 atom stereocenters. The van der Waals surface area contributed by atoms with Crippen molar-refractivity contribution in [3.63, 3.8) is 0 Å². The Kier molecular flexibility index (Phi) is 5.05. The number of hydrogen-bond donors (Lipinski definition) is 1. The Labute approximate surface area is 151 Å². The maximum Gasteiger partial charge on any atom is 0.263 e. The van der Waals surface area contributed by atoms with Crippen molar-refractivity contribution in [1.82, 2.24) is 14.5 Å². The summed E-state index contributed by atoms with van der Waals surface area (Å²) in [6, 6.07) is 0. The van der Waals surface area contributed by atoms with Crippen LogP contribution in [0.2, 0.25) is 0 Å². The first kappa shape index (κ1) is 17.0. The summed E-state index contributed by atoms with van der Waals surface area (Å²) in [6.45, 7) is 5.59. The van der Waals surface area contributed by atoms with Gasteiger partial charge in [-0.2, -0.15) is 0 Å². The summed E-state index contributed by atoms with van der Waals surface area (Å²) in [6.07, 6.45) is 5.57. The molecule has 2 aromatic heterocycles. The number of nitrogens with one attached hydrogen (secondary N) is 1. The number of ether oxygens (including phenoxy) is 1. The number of fused-ring (bicyclic) bond motifs is 3. The molecule has 1 fully saturated rings. The molecule has 0 spiro atoms. The van der Waals surface area contributed by atoms with Crippen LogP contribution >= 0.6 is 11.3 Å². The van der Waals surface area contributed by atoms with Gasteiger partial charge in [0.2, 0.25) is 5.95 Å². The van der Waals surface area contributed by atoms with Crippen molar-refractivity contribution >= 4 is 27.5 Å². The Morgan fingerprint density at radius 1 is 1.24 bits per heavy atom. The molecule has 6 nitrogen and oxygen atoms in total. The maximum absolute atomic E-state index is 12.8. The third kappa shape index (κ3) is 3.45. The smallest absolute Gasteiger partial charge is 0.263 e. The van der Waals surface area contributed by atoms with Crippen LogP contribution in [0.25, 0.3) is 10.2 Å². The highest BCUT2D eigenvalue weighted by molar-refractivity contribution is 7.18. The molecule has 1 aliphatic carbocycles. The maximum atomic E-state index is 12.8. The molecule has 0 bridgehead atoms. The molecule has 1 aliphatic heterocycles. The highest BCUT2D eigenvalue weighted by Gasteiger charge is 2.21. The minimum Gasteiger partial charge on any atom is -0.379 e. The van der Waals surface area contributed by atoms with E-state index in [1.165, 1.54) is 23.3 Å². The van der Waals surface area contributed by atoms with E-state index in [1.54, 1.807) is 15.9 Å². The fourth-order valence-corrected chi connectivity index (χ4v) is 5.02. The second-order valence-electron chi connectivity index (χ2n) is 6.92. The van der Waals surface area contributed by atoms with Crippen LogP contribution in [0.5, 0.6) is 0 Å². The van der Waals surface area contributed by atoms with Crippen LogP contribution in [-0.2, 0) is 24.6 Å². The Morgan fingerprint density at radius 3 is 2.88 bits per heavy atom. The quantitative estimate of drug-likeness (QED) is 0.825. The molecular weight excluding hydrogens is 336 g/mol. The predicted molar refractivity (Wildman–Crippen MR) is 102 cm³/mol. The summed E-state index contributed by atoms with van der Waals surface area (Å²) in [5.41, 5.74) is 1.36. The van der Waals surface area contributed by atoms with Gasteiger partial charge in [0.15, 0.2) is 0 Å². The molecule has 2 aliphatic rings. The summed E-state index contributed by atoms with van der Waals surface area (Å²) >= 11 is 1.71. The zero-order valence-electron chi connectivity index (χ0n) is 14.8. The minimum atomic E-state index is 0.0973. The van der Waals surface area contributed by atoms with Gasteiger partial charge in [0, 0.05) is 31.6 Å². The molecule has 0 saturated carbocycles. The lowest BCUT2D eigenvalue weighted by Gasteiger charge is -2.26. The van der Waals surface area contributed by atoms with Crippen molar-refractivity contribution in [1.29, 1.82) is 0 Å². The SMILES string of the molecule is Cn1c(NCCCN2CCOCC2)nc2sc3c(c2c1=O)CCCC3. The number of thiophene rings is 1. The van der Waals surface area contributed by atoms with E-state index in [0.717, 1.165) is 68.9 Å². The van der Waals surface area contributed by atoms with E-state index in [1.807, 2.05) is 7.05 Å². The van der Waals surface area contributed by atoms with Crippen LogP contribution in [0.1, 0.15) is 29.7 Å². The Hall–Kier alpha value is -1.44. The summed E-state index contributed by atoms with van der Waals surface area (Å²) in [5, 5.41) is 4.23. The van der Waals surface area contributed by atoms with Gasteiger partial charge in [0.25, 0.3) is 5.56 Å². The van der Waals surface area contributed by atoms with Gasteiger partial charge < -0.3 is 10.1 Å².